The number of aromatic nitrogens is 1. The van der Waals surface area contributed by atoms with E-state index in [1.807, 2.05) is 0 Å². The number of nitrogens with zero attached hydrogens (tertiary/aromatic N) is 1. The van der Waals surface area contributed by atoms with Crippen LogP contribution < -0.4 is 0 Å². The van der Waals surface area contributed by atoms with Crippen LogP contribution in [0, 0.1) is 0 Å². The van der Waals surface area contributed by atoms with E-state index < -0.39 is 9.05 Å². The Bertz CT molecular complexity index is 546. The molecule has 0 spiro atoms. The number of halogens is 1. The summed E-state index contributed by atoms with van der Waals surface area (Å²) in [6.07, 6.45) is 2.63. The molecule has 0 N–H and O–H groups in total. The van der Waals surface area contributed by atoms with Crippen LogP contribution in [-0.2, 0) is 9.05 Å². The minimum absolute atomic E-state index is 0.0587. The monoisotopic (exact) mass is 217 g/mol. The maximum absolute atomic E-state index is 10.9. The zero-order chi connectivity index (χ0) is 9.47. The van der Waals surface area contributed by atoms with E-state index >= 15 is 0 Å². The number of fused-ring (bicyclic) bond motifs is 1. The predicted octanol–water partition coefficient (Wildman–Crippen LogP) is 1.76. The summed E-state index contributed by atoms with van der Waals surface area (Å²) in [4.78, 5) is 3.79. The fraction of sp³-hybridized carbons (Fsp3) is 0. The fourth-order valence-corrected chi connectivity index (χ4v) is 1.64. The lowest BCUT2D eigenvalue weighted by Crippen LogP contribution is -1.90. The molecule has 0 bridgehead atoms. The lowest BCUT2D eigenvalue weighted by Gasteiger charge is -1.93. The van der Waals surface area contributed by atoms with Crippen molar-refractivity contribution in [2.24, 2.45) is 0 Å². The van der Waals surface area contributed by atoms with Crippen LogP contribution >= 0.6 is 10.7 Å². The Morgan fingerprint density at radius 2 is 2.23 bits per heavy atom. The molecule has 0 saturated heterocycles. The van der Waals surface area contributed by atoms with E-state index in [1.54, 1.807) is 6.07 Å². The molecule has 6 heteroatoms. The summed E-state index contributed by atoms with van der Waals surface area (Å²) >= 11 is 0. The van der Waals surface area contributed by atoms with Crippen LogP contribution in [0.3, 0.4) is 0 Å². The van der Waals surface area contributed by atoms with E-state index in [1.165, 1.54) is 18.5 Å². The number of pyridine rings is 1. The summed E-state index contributed by atoms with van der Waals surface area (Å²) in [6, 6.07) is 2.98. The first-order valence-electron chi connectivity index (χ1n) is 3.35. The zero-order valence-corrected chi connectivity index (χ0v) is 7.84. The van der Waals surface area contributed by atoms with Gasteiger partial charge in [0.2, 0.25) is 0 Å². The van der Waals surface area contributed by atoms with Crippen LogP contribution in [-0.4, -0.2) is 13.4 Å². The van der Waals surface area contributed by atoms with Crippen LogP contribution in [0.25, 0.3) is 11.1 Å². The van der Waals surface area contributed by atoms with Gasteiger partial charge >= 0.3 is 0 Å². The van der Waals surface area contributed by atoms with E-state index in [4.69, 9.17) is 15.1 Å². The van der Waals surface area contributed by atoms with Crippen LogP contribution in [0.2, 0.25) is 0 Å². The summed E-state index contributed by atoms with van der Waals surface area (Å²) in [5, 5.41) is 0. The van der Waals surface area contributed by atoms with Gasteiger partial charge in [-0.05, 0) is 0 Å². The summed E-state index contributed by atoms with van der Waals surface area (Å²) in [7, 11) is 1.39. The van der Waals surface area contributed by atoms with Gasteiger partial charge in [0.25, 0.3) is 9.05 Å². The first-order chi connectivity index (χ1) is 6.07. The highest BCUT2D eigenvalue weighted by atomic mass is 35.7. The van der Waals surface area contributed by atoms with Crippen molar-refractivity contribution in [1.82, 2.24) is 4.98 Å². The van der Waals surface area contributed by atoms with Crippen molar-refractivity contribution in [2.75, 3.05) is 0 Å². The van der Waals surface area contributed by atoms with Crippen molar-refractivity contribution in [3.63, 3.8) is 0 Å². The number of rotatable bonds is 1. The molecule has 0 atom stereocenters. The molecule has 0 fully saturated rings. The molecule has 2 rings (SSSR count). The highest BCUT2D eigenvalue weighted by molar-refractivity contribution is 8.13. The van der Waals surface area contributed by atoms with Gasteiger partial charge in [0.1, 0.15) is 10.4 Å². The zero-order valence-electron chi connectivity index (χ0n) is 6.27. The second kappa shape index (κ2) is 2.71. The largest absolute Gasteiger partial charge is 0.463 e. The molecule has 0 aliphatic rings. The Labute approximate surface area is 78.6 Å². The van der Waals surface area contributed by atoms with Gasteiger partial charge < -0.3 is 4.42 Å². The molecule has 68 valence electrons. The Morgan fingerprint density at radius 3 is 2.92 bits per heavy atom. The molecular formula is C7H4ClNO3S. The van der Waals surface area contributed by atoms with Crippen molar-refractivity contribution in [3.05, 3.63) is 24.6 Å². The second-order valence-electron chi connectivity index (χ2n) is 2.41. The smallest absolute Gasteiger partial charge is 0.262 e. The standard InChI is InChI=1S/C7H4ClNO3S/c8-13(10,11)5-3-7-6(9-4-5)1-2-12-7/h1-4H. The van der Waals surface area contributed by atoms with Gasteiger partial charge in [0, 0.05) is 29.0 Å². The van der Waals surface area contributed by atoms with Gasteiger partial charge in [-0.1, -0.05) is 0 Å². The third kappa shape index (κ3) is 1.52. The first kappa shape index (κ1) is 8.52. The molecule has 0 saturated carbocycles. The van der Waals surface area contributed by atoms with Crippen LogP contribution in [0.15, 0.2) is 33.9 Å². The van der Waals surface area contributed by atoms with Gasteiger partial charge in [-0.25, -0.2) is 8.42 Å². The molecular weight excluding hydrogens is 214 g/mol. The Morgan fingerprint density at radius 1 is 1.46 bits per heavy atom. The Hall–Kier alpha value is -1.07. The van der Waals surface area contributed by atoms with E-state index in [0.29, 0.717) is 11.1 Å². The minimum Gasteiger partial charge on any atom is -0.463 e. The molecule has 0 radical (unpaired) electrons. The number of furan rings is 1. The fourth-order valence-electron chi connectivity index (χ4n) is 0.962. The molecule has 0 unspecified atom stereocenters. The summed E-state index contributed by atoms with van der Waals surface area (Å²) in [5.74, 6) is 0. The van der Waals surface area contributed by atoms with E-state index in [2.05, 4.69) is 4.98 Å². The Kier molecular flexibility index (Phi) is 1.78. The maximum atomic E-state index is 10.9. The third-order valence-electron chi connectivity index (χ3n) is 1.56. The number of hydrogen-bond donors (Lipinski definition) is 0. The molecule has 0 aromatic carbocycles. The lowest BCUT2D eigenvalue weighted by molar-refractivity contribution is 0.604. The summed E-state index contributed by atoms with van der Waals surface area (Å²) in [5.41, 5.74) is 1.01. The van der Waals surface area contributed by atoms with Crippen molar-refractivity contribution < 1.29 is 12.8 Å². The molecule has 0 aliphatic heterocycles. The molecule has 2 aromatic heterocycles. The van der Waals surface area contributed by atoms with E-state index in [0.717, 1.165) is 0 Å². The van der Waals surface area contributed by atoms with Crippen molar-refractivity contribution in [2.45, 2.75) is 4.90 Å². The average molecular weight is 218 g/mol. The average Bonchev–Trinajstić information content (AvgIpc) is 2.47. The van der Waals surface area contributed by atoms with Gasteiger partial charge in [0.15, 0.2) is 5.58 Å². The number of hydrogen-bond acceptors (Lipinski definition) is 4. The predicted molar refractivity (Wildman–Crippen MR) is 47.0 cm³/mol. The van der Waals surface area contributed by atoms with Gasteiger partial charge in [0.05, 0.1) is 6.26 Å². The Balaban J connectivity index is 2.75. The molecule has 0 amide bonds. The minimum atomic E-state index is -3.72. The SMILES string of the molecule is O=S(=O)(Cl)c1cnc2ccoc2c1. The van der Waals surface area contributed by atoms with E-state index in [-0.39, 0.29) is 4.90 Å². The van der Waals surface area contributed by atoms with Crippen LogP contribution in [0.1, 0.15) is 0 Å². The molecule has 4 nitrogen and oxygen atoms in total. The van der Waals surface area contributed by atoms with Crippen LogP contribution in [0.4, 0.5) is 0 Å². The normalized spacial score (nSPS) is 12.1. The van der Waals surface area contributed by atoms with Gasteiger partial charge in [-0.15, -0.1) is 0 Å². The molecule has 0 aliphatic carbocycles. The third-order valence-corrected chi connectivity index (χ3v) is 2.88. The van der Waals surface area contributed by atoms with E-state index in [9.17, 15) is 8.42 Å². The first-order valence-corrected chi connectivity index (χ1v) is 5.66. The van der Waals surface area contributed by atoms with Crippen molar-refractivity contribution in [1.29, 1.82) is 0 Å². The van der Waals surface area contributed by atoms with Crippen LogP contribution in [0.5, 0.6) is 0 Å². The quantitative estimate of drug-likeness (QED) is 0.683. The van der Waals surface area contributed by atoms with Gasteiger partial charge in [-0.3, -0.25) is 4.98 Å². The molecule has 2 aromatic rings. The highest BCUT2D eigenvalue weighted by Gasteiger charge is 2.11. The summed E-state index contributed by atoms with van der Waals surface area (Å²) in [6.45, 7) is 0. The van der Waals surface area contributed by atoms with Crippen molar-refractivity contribution >= 4 is 30.8 Å². The molecule has 13 heavy (non-hydrogen) atoms. The van der Waals surface area contributed by atoms with Crippen molar-refractivity contribution in [3.8, 4) is 0 Å². The van der Waals surface area contributed by atoms with Gasteiger partial charge in [-0.2, -0.15) is 0 Å². The summed E-state index contributed by atoms with van der Waals surface area (Å²) < 4.78 is 26.7. The molecule has 2 heterocycles. The maximum Gasteiger partial charge on any atom is 0.262 e. The lowest BCUT2D eigenvalue weighted by atomic mass is 10.4. The highest BCUT2D eigenvalue weighted by Crippen LogP contribution is 2.19. The topological polar surface area (TPSA) is 60.2 Å². The second-order valence-corrected chi connectivity index (χ2v) is 4.98.